The van der Waals surface area contributed by atoms with Gasteiger partial charge in [-0.25, -0.2) is 0 Å². The van der Waals surface area contributed by atoms with Crippen molar-refractivity contribution in [1.82, 2.24) is 10.6 Å². The molecule has 2 rings (SSSR count). The molecule has 2 unspecified atom stereocenters. The Labute approximate surface area is 104 Å². The van der Waals surface area contributed by atoms with Gasteiger partial charge in [0.15, 0.2) is 0 Å². The molecule has 0 radical (unpaired) electrons. The Bertz CT molecular complexity index is 282. The molecule has 2 N–H and O–H groups in total. The van der Waals surface area contributed by atoms with Crippen LogP contribution in [0, 0.1) is 11.8 Å². The first-order valence-corrected chi connectivity index (χ1v) is 6.83. The SMILES string of the molecule is C=CC(CC1CC1)NC(=O)C(CC1CC1)NC. The number of hydrogen-bond acceptors (Lipinski definition) is 2. The predicted octanol–water partition coefficient (Wildman–Crippen LogP) is 1.85. The second kappa shape index (κ2) is 5.67. The Balaban J connectivity index is 1.76. The van der Waals surface area contributed by atoms with E-state index >= 15 is 0 Å². The van der Waals surface area contributed by atoms with Crippen LogP contribution in [0.15, 0.2) is 12.7 Å². The maximum Gasteiger partial charge on any atom is 0.237 e. The molecule has 0 saturated heterocycles. The summed E-state index contributed by atoms with van der Waals surface area (Å²) in [5.41, 5.74) is 0. The maximum atomic E-state index is 12.1. The summed E-state index contributed by atoms with van der Waals surface area (Å²) in [6.45, 7) is 3.82. The van der Waals surface area contributed by atoms with E-state index in [0.717, 1.165) is 24.7 Å². The van der Waals surface area contributed by atoms with E-state index in [9.17, 15) is 4.79 Å². The molecule has 2 aliphatic carbocycles. The number of carbonyl (C=O) groups excluding carboxylic acids is 1. The zero-order valence-corrected chi connectivity index (χ0v) is 10.7. The molecule has 0 heterocycles. The fourth-order valence-corrected chi connectivity index (χ4v) is 2.25. The van der Waals surface area contributed by atoms with E-state index in [2.05, 4.69) is 17.2 Å². The third-order valence-electron chi connectivity index (χ3n) is 3.83. The number of amides is 1. The Morgan fingerprint density at radius 2 is 1.88 bits per heavy atom. The predicted molar refractivity (Wildman–Crippen MR) is 69.7 cm³/mol. The Kier molecular flexibility index (Phi) is 4.21. The Morgan fingerprint density at radius 3 is 2.35 bits per heavy atom. The molecule has 3 nitrogen and oxygen atoms in total. The van der Waals surface area contributed by atoms with Crippen molar-refractivity contribution < 1.29 is 4.79 Å². The van der Waals surface area contributed by atoms with E-state index < -0.39 is 0 Å². The van der Waals surface area contributed by atoms with Gasteiger partial charge in [0.1, 0.15) is 0 Å². The number of likely N-dealkylation sites (N-methyl/N-ethyl adjacent to an activating group) is 1. The lowest BCUT2D eigenvalue weighted by Crippen LogP contribution is -2.46. The summed E-state index contributed by atoms with van der Waals surface area (Å²) in [7, 11) is 1.87. The molecule has 0 aromatic heterocycles. The van der Waals surface area contributed by atoms with Crippen LogP contribution in [0.3, 0.4) is 0 Å². The fraction of sp³-hybridized carbons (Fsp3) is 0.786. The first kappa shape index (κ1) is 12.6. The highest BCUT2D eigenvalue weighted by Crippen LogP contribution is 2.34. The van der Waals surface area contributed by atoms with Gasteiger partial charge in [-0.2, -0.15) is 0 Å². The largest absolute Gasteiger partial charge is 0.349 e. The third-order valence-corrected chi connectivity index (χ3v) is 3.83. The normalized spacial score (nSPS) is 22.9. The molecule has 0 spiro atoms. The van der Waals surface area contributed by atoms with Crippen molar-refractivity contribution >= 4 is 5.91 Å². The van der Waals surface area contributed by atoms with E-state index in [4.69, 9.17) is 0 Å². The first-order chi connectivity index (χ1) is 8.22. The zero-order valence-electron chi connectivity index (χ0n) is 10.7. The number of rotatable bonds is 8. The molecule has 2 aliphatic rings. The standard InChI is InChI=1S/C14H24N2O/c1-3-12(8-10-4-5-10)16-14(17)13(15-2)9-11-6-7-11/h3,10-13,15H,1,4-9H2,2H3,(H,16,17). The van der Waals surface area contributed by atoms with Crippen LogP contribution in [0.5, 0.6) is 0 Å². The smallest absolute Gasteiger partial charge is 0.237 e. The highest BCUT2D eigenvalue weighted by atomic mass is 16.2. The second-order valence-corrected chi connectivity index (χ2v) is 5.55. The van der Waals surface area contributed by atoms with Crippen molar-refractivity contribution in [3.63, 3.8) is 0 Å². The van der Waals surface area contributed by atoms with Gasteiger partial charge in [0.25, 0.3) is 0 Å². The van der Waals surface area contributed by atoms with Gasteiger partial charge in [-0.3, -0.25) is 4.79 Å². The summed E-state index contributed by atoms with van der Waals surface area (Å²) in [5.74, 6) is 1.73. The van der Waals surface area contributed by atoms with Crippen LogP contribution in [0.25, 0.3) is 0 Å². The molecular weight excluding hydrogens is 212 g/mol. The molecule has 2 fully saturated rings. The topological polar surface area (TPSA) is 41.1 Å². The second-order valence-electron chi connectivity index (χ2n) is 5.55. The van der Waals surface area contributed by atoms with Crippen LogP contribution in [0.2, 0.25) is 0 Å². The fourth-order valence-electron chi connectivity index (χ4n) is 2.25. The highest BCUT2D eigenvalue weighted by Gasteiger charge is 2.30. The van der Waals surface area contributed by atoms with Gasteiger partial charge < -0.3 is 10.6 Å². The molecule has 3 heteroatoms. The van der Waals surface area contributed by atoms with Gasteiger partial charge in [0.2, 0.25) is 5.91 Å². The monoisotopic (exact) mass is 236 g/mol. The quantitative estimate of drug-likeness (QED) is 0.631. The minimum absolute atomic E-state index is 0.0239. The Morgan fingerprint density at radius 1 is 1.29 bits per heavy atom. The van der Waals surface area contributed by atoms with Crippen LogP contribution in [-0.2, 0) is 4.79 Å². The third kappa shape index (κ3) is 4.15. The van der Waals surface area contributed by atoms with E-state index in [1.165, 1.54) is 25.7 Å². The van der Waals surface area contributed by atoms with Crippen molar-refractivity contribution in [2.24, 2.45) is 11.8 Å². The molecule has 96 valence electrons. The maximum absolute atomic E-state index is 12.1. The van der Waals surface area contributed by atoms with Crippen LogP contribution >= 0.6 is 0 Å². The molecule has 1 amide bonds. The Hall–Kier alpha value is -0.830. The van der Waals surface area contributed by atoms with Crippen molar-refractivity contribution in [3.8, 4) is 0 Å². The van der Waals surface area contributed by atoms with E-state index in [0.29, 0.717) is 0 Å². The summed E-state index contributed by atoms with van der Waals surface area (Å²) in [6.07, 6.45) is 9.14. The average Bonchev–Trinajstić information content (AvgIpc) is 3.19. The molecule has 0 aromatic rings. The summed E-state index contributed by atoms with van der Waals surface area (Å²) in [4.78, 5) is 12.1. The molecule has 0 aromatic carbocycles. The lowest BCUT2D eigenvalue weighted by atomic mass is 10.1. The van der Waals surface area contributed by atoms with Gasteiger partial charge in [-0.1, -0.05) is 31.8 Å². The highest BCUT2D eigenvalue weighted by molar-refractivity contribution is 5.82. The molecule has 0 bridgehead atoms. The summed E-state index contributed by atoms with van der Waals surface area (Å²) in [5, 5.41) is 6.23. The van der Waals surface area contributed by atoms with Crippen molar-refractivity contribution in [2.75, 3.05) is 7.05 Å². The van der Waals surface area contributed by atoms with Crippen molar-refractivity contribution in [1.29, 1.82) is 0 Å². The van der Waals surface area contributed by atoms with Crippen LogP contribution in [0.1, 0.15) is 38.5 Å². The van der Waals surface area contributed by atoms with Crippen LogP contribution in [0.4, 0.5) is 0 Å². The van der Waals surface area contributed by atoms with Gasteiger partial charge in [0, 0.05) is 6.04 Å². The first-order valence-electron chi connectivity index (χ1n) is 6.83. The minimum Gasteiger partial charge on any atom is -0.349 e. The molecular formula is C14H24N2O. The van der Waals surface area contributed by atoms with E-state index in [1.54, 1.807) is 0 Å². The van der Waals surface area contributed by atoms with Crippen LogP contribution in [-0.4, -0.2) is 25.0 Å². The number of carbonyl (C=O) groups is 1. The number of hydrogen-bond donors (Lipinski definition) is 2. The van der Waals surface area contributed by atoms with Crippen molar-refractivity contribution in [2.45, 2.75) is 50.6 Å². The molecule has 0 aliphatic heterocycles. The van der Waals surface area contributed by atoms with Gasteiger partial charge in [0.05, 0.1) is 6.04 Å². The van der Waals surface area contributed by atoms with E-state index in [1.807, 2.05) is 13.1 Å². The van der Waals surface area contributed by atoms with E-state index in [-0.39, 0.29) is 18.0 Å². The van der Waals surface area contributed by atoms with Gasteiger partial charge in [-0.05, 0) is 31.7 Å². The summed E-state index contributed by atoms with van der Waals surface area (Å²) >= 11 is 0. The lowest BCUT2D eigenvalue weighted by Gasteiger charge is -2.20. The van der Waals surface area contributed by atoms with Gasteiger partial charge >= 0.3 is 0 Å². The summed E-state index contributed by atoms with van der Waals surface area (Å²) in [6, 6.07) is 0.134. The lowest BCUT2D eigenvalue weighted by molar-refractivity contribution is -0.123. The van der Waals surface area contributed by atoms with Crippen LogP contribution < -0.4 is 10.6 Å². The zero-order chi connectivity index (χ0) is 12.3. The molecule has 17 heavy (non-hydrogen) atoms. The van der Waals surface area contributed by atoms with Gasteiger partial charge in [-0.15, -0.1) is 6.58 Å². The minimum atomic E-state index is -0.0239. The molecule has 2 saturated carbocycles. The average molecular weight is 236 g/mol. The number of nitrogens with one attached hydrogen (secondary N) is 2. The summed E-state index contributed by atoms with van der Waals surface area (Å²) < 4.78 is 0. The molecule has 2 atom stereocenters. The van der Waals surface area contributed by atoms with Crippen molar-refractivity contribution in [3.05, 3.63) is 12.7 Å².